The number of fused-ring (bicyclic) bond motifs is 10. The van der Waals surface area contributed by atoms with Crippen LogP contribution < -0.4 is 4.90 Å². The summed E-state index contributed by atoms with van der Waals surface area (Å²) in [5.74, 6) is 0. The summed E-state index contributed by atoms with van der Waals surface area (Å²) in [4.78, 5) is 2.42. The van der Waals surface area contributed by atoms with Crippen molar-refractivity contribution in [3.05, 3.63) is 259 Å². The van der Waals surface area contributed by atoms with Crippen LogP contribution in [0.2, 0.25) is 0 Å². The first-order valence-corrected chi connectivity index (χ1v) is 21.9. The molecule has 0 fully saturated rings. The van der Waals surface area contributed by atoms with E-state index in [1.807, 2.05) is 18.2 Å². The summed E-state index contributed by atoms with van der Waals surface area (Å²) < 4.78 is 13.6. The molecule has 10 aromatic carbocycles. The number of nitrogens with zero attached hydrogens (tertiary/aromatic N) is 1. The summed E-state index contributed by atoms with van der Waals surface area (Å²) in [5, 5.41) is 4.25. The van der Waals surface area contributed by atoms with Crippen LogP contribution in [0.15, 0.2) is 245 Å². The van der Waals surface area contributed by atoms with Crippen molar-refractivity contribution in [2.24, 2.45) is 0 Å². The van der Waals surface area contributed by atoms with Gasteiger partial charge in [-0.25, -0.2) is 0 Å². The second kappa shape index (κ2) is 14.3. The van der Waals surface area contributed by atoms with Gasteiger partial charge in [0.05, 0.1) is 11.1 Å². The lowest BCUT2D eigenvalue weighted by Gasteiger charge is -2.35. The Kier molecular flexibility index (Phi) is 8.13. The zero-order valence-electron chi connectivity index (χ0n) is 34.8. The Bertz CT molecular complexity index is 3660. The molecule has 64 heavy (non-hydrogen) atoms. The molecule has 0 unspecified atom stereocenters. The van der Waals surface area contributed by atoms with Crippen molar-refractivity contribution in [2.75, 3.05) is 4.90 Å². The highest BCUT2D eigenvalue weighted by molar-refractivity contribution is 6.27. The van der Waals surface area contributed by atoms with Crippen LogP contribution in [0, 0.1) is 0 Å². The van der Waals surface area contributed by atoms with Crippen molar-refractivity contribution >= 4 is 60.9 Å². The normalized spacial score (nSPS) is 12.8. The smallest absolute Gasteiger partial charge is 0.145 e. The second-order valence-corrected chi connectivity index (χ2v) is 16.7. The lowest BCUT2D eigenvalue weighted by Crippen LogP contribution is -2.28. The molecule has 0 bridgehead atoms. The van der Waals surface area contributed by atoms with Crippen LogP contribution >= 0.6 is 0 Å². The molecule has 13 rings (SSSR count). The lowest BCUT2D eigenvalue weighted by atomic mass is 9.67. The van der Waals surface area contributed by atoms with E-state index in [0.717, 1.165) is 77.6 Å². The number of rotatable bonds is 7. The van der Waals surface area contributed by atoms with Gasteiger partial charge < -0.3 is 13.7 Å². The van der Waals surface area contributed by atoms with Crippen LogP contribution in [0.3, 0.4) is 0 Å². The second-order valence-electron chi connectivity index (χ2n) is 16.7. The van der Waals surface area contributed by atoms with Crippen LogP contribution in [-0.4, -0.2) is 0 Å². The summed E-state index contributed by atoms with van der Waals surface area (Å²) in [6.45, 7) is 0. The van der Waals surface area contributed by atoms with Gasteiger partial charge >= 0.3 is 0 Å². The molecule has 0 amide bonds. The molecule has 1 aliphatic carbocycles. The summed E-state index contributed by atoms with van der Waals surface area (Å²) in [7, 11) is 0. The van der Waals surface area contributed by atoms with Crippen LogP contribution in [0.5, 0.6) is 0 Å². The van der Waals surface area contributed by atoms with Gasteiger partial charge in [0.2, 0.25) is 0 Å². The van der Waals surface area contributed by atoms with Gasteiger partial charge in [0.15, 0.2) is 0 Å². The largest absolute Gasteiger partial charge is 0.456 e. The predicted octanol–water partition coefficient (Wildman–Crippen LogP) is 16.7. The Morgan fingerprint density at radius 1 is 0.344 bits per heavy atom. The summed E-state index contributed by atoms with van der Waals surface area (Å²) in [6, 6.07) is 85.2. The predicted molar refractivity (Wildman–Crippen MR) is 264 cm³/mol. The quantitative estimate of drug-likeness (QED) is 0.160. The highest BCUT2D eigenvalue weighted by atomic mass is 16.3. The first-order valence-electron chi connectivity index (χ1n) is 21.9. The van der Waals surface area contributed by atoms with E-state index < -0.39 is 5.41 Å². The number of benzene rings is 10. The molecule has 0 radical (unpaired) electrons. The first-order chi connectivity index (χ1) is 31.8. The van der Waals surface area contributed by atoms with Crippen molar-refractivity contribution in [3.8, 4) is 33.4 Å². The average molecular weight is 818 g/mol. The molecule has 0 spiro atoms. The number of anilines is 3. The van der Waals surface area contributed by atoms with Crippen molar-refractivity contribution in [3.63, 3.8) is 0 Å². The van der Waals surface area contributed by atoms with Gasteiger partial charge in [-0.3, -0.25) is 0 Å². The van der Waals surface area contributed by atoms with E-state index in [1.54, 1.807) is 0 Å². The molecule has 0 atom stereocenters. The monoisotopic (exact) mass is 817 g/mol. The Morgan fingerprint density at radius 3 is 1.64 bits per heavy atom. The number of para-hydroxylation sites is 2. The standard InChI is InChI=1S/C61H39NO2/c1-5-17-40(18-6-1)41-29-31-42(32-30-41)57-53(36-35-50-59-56(64-60(50)57)38-37-55-58(59)49-26-14-16-28-54(49)63-55)62(45-23-11-4-12-24-45)46-33-34-48-47-25-13-15-27-51(47)61(52(48)39-46,43-19-7-2-8-20-43)44-21-9-3-10-22-44/h1-39H. The molecular weight excluding hydrogens is 779 g/mol. The fraction of sp³-hybridized carbons (Fsp3) is 0.0164. The topological polar surface area (TPSA) is 29.5 Å². The SMILES string of the molecule is c1ccc(-c2ccc(-c3c(N(c4ccccc4)c4ccc5c(c4)C(c4ccccc4)(c4ccccc4)c4ccccc4-5)ccc4c3oc3ccc5oc6ccccc6c5c34)cc2)cc1. The van der Waals surface area contributed by atoms with Crippen LogP contribution in [0.25, 0.3) is 77.3 Å². The van der Waals surface area contributed by atoms with E-state index in [4.69, 9.17) is 8.83 Å². The van der Waals surface area contributed by atoms with Gasteiger partial charge in [0.1, 0.15) is 22.3 Å². The first kappa shape index (κ1) is 36.3. The lowest BCUT2D eigenvalue weighted by molar-refractivity contribution is 0.663. The Labute approximate surface area is 370 Å². The molecule has 2 heterocycles. The molecule has 300 valence electrons. The Morgan fingerprint density at radius 2 is 0.906 bits per heavy atom. The molecule has 3 nitrogen and oxygen atoms in total. The van der Waals surface area contributed by atoms with Gasteiger partial charge in [0, 0.05) is 38.5 Å². The van der Waals surface area contributed by atoms with Crippen molar-refractivity contribution in [1.29, 1.82) is 0 Å². The summed E-state index contributed by atoms with van der Waals surface area (Å²) in [6.07, 6.45) is 0. The van der Waals surface area contributed by atoms with E-state index in [0.29, 0.717) is 0 Å². The molecule has 0 saturated heterocycles. The van der Waals surface area contributed by atoms with Crippen molar-refractivity contribution in [1.82, 2.24) is 0 Å². The molecule has 1 aliphatic rings. The summed E-state index contributed by atoms with van der Waals surface area (Å²) >= 11 is 0. The minimum Gasteiger partial charge on any atom is -0.456 e. The maximum Gasteiger partial charge on any atom is 0.145 e. The van der Waals surface area contributed by atoms with Crippen molar-refractivity contribution in [2.45, 2.75) is 5.41 Å². The van der Waals surface area contributed by atoms with Gasteiger partial charge in [-0.2, -0.15) is 0 Å². The molecule has 0 aliphatic heterocycles. The molecule has 12 aromatic rings. The van der Waals surface area contributed by atoms with Crippen molar-refractivity contribution < 1.29 is 8.83 Å². The third kappa shape index (κ3) is 5.34. The third-order valence-electron chi connectivity index (χ3n) is 13.4. The number of hydrogen-bond acceptors (Lipinski definition) is 3. The van der Waals surface area contributed by atoms with Crippen LogP contribution in [-0.2, 0) is 5.41 Å². The van der Waals surface area contributed by atoms with E-state index in [9.17, 15) is 0 Å². The average Bonchev–Trinajstić information content (AvgIpc) is 4.03. The third-order valence-corrected chi connectivity index (χ3v) is 13.4. The fourth-order valence-electron chi connectivity index (χ4n) is 10.6. The number of furan rings is 2. The highest BCUT2D eigenvalue weighted by Gasteiger charge is 2.46. The minimum absolute atomic E-state index is 0.551. The fourth-order valence-corrected chi connectivity index (χ4v) is 10.6. The maximum atomic E-state index is 7.14. The minimum atomic E-state index is -0.551. The number of hydrogen-bond donors (Lipinski definition) is 0. The molecule has 3 heteroatoms. The van der Waals surface area contributed by atoms with E-state index in [2.05, 4.69) is 223 Å². The van der Waals surface area contributed by atoms with E-state index in [-0.39, 0.29) is 0 Å². The Hall–Kier alpha value is -8.40. The zero-order valence-corrected chi connectivity index (χ0v) is 34.8. The van der Waals surface area contributed by atoms with Crippen LogP contribution in [0.4, 0.5) is 17.1 Å². The maximum absolute atomic E-state index is 7.14. The molecule has 0 N–H and O–H groups in total. The van der Waals surface area contributed by atoms with Gasteiger partial charge in [-0.15, -0.1) is 0 Å². The van der Waals surface area contributed by atoms with Gasteiger partial charge in [0.25, 0.3) is 0 Å². The van der Waals surface area contributed by atoms with E-state index in [1.165, 1.54) is 38.9 Å². The highest BCUT2D eigenvalue weighted by Crippen LogP contribution is 2.58. The molecular formula is C61H39NO2. The molecule has 2 aromatic heterocycles. The van der Waals surface area contributed by atoms with Crippen LogP contribution in [0.1, 0.15) is 22.3 Å². The summed E-state index contributed by atoms with van der Waals surface area (Å²) in [5.41, 5.74) is 17.8. The van der Waals surface area contributed by atoms with Gasteiger partial charge in [-0.05, 0) is 105 Å². The van der Waals surface area contributed by atoms with Gasteiger partial charge in [-0.1, -0.05) is 182 Å². The molecule has 0 saturated carbocycles. The Balaban J connectivity index is 1.11. The zero-order chi connectivity index (χ0) is 42.2. The van der Waals surface area contributed by atoms with E-state index >= 15 is 0 Å².